The number of fused-ring (bicyclic) bond motifs is 4. The van der Waals surface area contributed by atoms with Gasteiger partial charge in [-0.15, -0.1) is 0 Å². The second kappa shape index (κ2) is 6.16. The van der Waals surface area contributed by atoms with Crippen molar-refractivity contribution in [2.75, 3.05) is 0 Å². The van der Waals surface area contributed by atoms with Crippen molar-refractivity contribution in [2.24, 2.45) is 0 Å². The summed E-state index contributed by atoms with van der Waals surface area (Å²) in [6.45, 7) is 4.31. The predicted molar refractivity (Wildman–Crippen MR) is 100 cm³/mol. The number of carbonyl (C=O) groups is 1. The van der Waals surface area contributed by atoms with Crippen LogP contribution in [0.25, 0.3) is 33.1 Å². The highest BCUT2D eigenvalue weighted by Gasteiger charge is 2.16. The van der Waals surface area contributed by atoms with Gasteiger partial charge < -0.3 is 9.88 Å². The van der Waals surface area contributed by atoms with Crippen molar-refractivity contribution in [3.05, 3.63) is 48.5 Å². The van der Waals surface area contributed by atoms with Gasteiger partial charge in [-0.25, -0.2) is 9.97 Å². The van der Waals surface area contributed by atoms with Gasteiger partial charge in [0.15, 0.2) is 5.65 Å². The molecule has 0 bridgehead atoms. The molecular weight excluding hydrogens is 312 g/mol. The first-order valence-electron chi connectivity index (χ1n) is 8.60. The molecule has 0 spiro atoms. The maximum Gasteiger partial charge on any atom is 0.240 e. The SMILES string of the molecule is CC[C@H](C)NC(=O)Cn1c2ccccc2c2nc3ccccc3nc21. The molecule has 4 aromatic rings. The number of aromatic nitrogens is 3. The lowest BCUT2D eigenvalue weighted by Gasteiger charge is -2.12. The van der Waals surface area contributed by atoms with Crippen LogP contribution in [-0.2, 0) is 11.3 Å². The molecule has 2 aromatic heterocycles. The molecule has 0 aliphatic carbocycles. The van der Waals surface area contributed by atoms with Crippen LogP contribution in [-0.4, -0.2) is 26.5 Å². The van der Waals surface area contributed by atoms with Gasteiger partial charge in [0.25, 0.3) is 0 Å². The first-order chi connectivity index (χ1) is 12.2. The number of hydrogen-bond donors (Lipinski definition) is 1. The number of para-hydroxylation sites is 3. The molecule has 1 amide bonds. The molecule has 4 rings (SSSR count). The minimum atomic E-state index is -0.00744. The third kappa shape index (κ3) is 2.71. The smallest absolute Gasteiger partial charge is 0.240 e. The van der Waals surface area contributed by atoms with E-state index in [1.54, 1.807) is 0 Å². The Kier molecular flexibility index (Phi) is 3.84. The zero-order chi connectivity index (χ0) is 17.4. The van der Waals surface area contributed by atoms with Gasteiger partial charge in [0, 0.05) is 11.4 Å². The summed E-state index contributed by atoms with van der Waals surface area (Å²) in [6.07, 6.45) is 0.906. The molecule has 2 aromatic carbocycles. The van der Waals surface area contributed by atoms with Gasteiger partial charge in [-0.1, -0.05) is 37.3 Å². The lowest BCUT2D eigenvalue weighted by Crippen LogP contribution is -2.34. The Balaban J connectivity index is 1.91. The molecule has 1 atom stereocenters. The summed E-state index contributed by atoms with van der Waals surface area (Å²) in [4.78, 5) is 22.0. The number of carbonyl (C=O) groups excluding carboxylic acids is 1. The predicted octanol–water partition coefficient (Wildman–Crippen LogP) is 3.65. The highest BCUT2D eigenvalue weighted by molar-refractivity contribution is 6.07. The van der Waals surface area contributed by atoms with Crippen LogP contribution in [0.4, 0.5) is 0 Å². The average molecular weight is 332 g/mol. The summed E-state index contributed by atoms with van der Waals surface area (Å²) >= 11 is 0. The van der Waals surface area contributed by atoms with Crippen LogP contribution in [0, 0.1) is 0 Å². The summed E-state index contributed by atoms with van der Waals surface area (Å²) in [5.41, 5.74) is 4.26. The van der Waals surface area contributed by atoms with E-state index in [2.05, 4.69) is 12.2 Å². The van der Waals surface area contributed by atoms with Gasteiger partial charge in [-0.05, 0) is 31.5 Å². The maximum atomic E-state index is 12.5. The second-order valence-corrected chi connectivity index (χ2v) is 6.36. The third-order valence-corrected chi connectivity index (χ3v) is 4.58. The van der Waals surface area contributed by atoms with E-state index in [9.17, 15) is 4.79 Å². The Bertz CT molecular complexity index is 1080. The molecule has 0 fully saturated rings. The summed E-state index contributed by atoms with van der Waals surface area (Å²) in [5, 5.41) is 4.05. The van der Waals surface area contributed by atoms with Crippen molar-refractivity contribution in [1.82, 2.24) is 19.9 Å². The van der Waals surface area contributed by atoms with Crippen molar-refractivity contribution in [3.8, 4) is 0 Å². The molecule has 126 valence electrons. The van der Waals surface area contributed by atoms with Crippen LogP contribution >= 0.6 is 0 Å². The highest BCUT2D eigenvalue weighted by atomic mass is 16.2. The zero-order valence-electron chi connectivity index (χ0n) is 14.4. The lowest BCUT2D eigenvalue weighted by molar-refractivity contribution is -0.122. The van der Waals surface area contributed by atoms with Crippen molar-refractivity contribution in [2.45, 2.75) is 32.9 Å². The molecular formula is C20H20N4O. The number of nitrogens with zero attached hydrogens (tertiary/aromatic N) is 3. The van der Waals surface area contributed by atoms with Crippen molar-refractivity contribution < 1.29 is 4.79 Å². The highest BCUT2D eigenvalue weighted by Crippen LogP contribution is 2.27. The van der Waals surface area contributed by atoms with Crippen molar-refractivity contribution in [1.29, 1.82) is 0 Å². The van der Waals surface area contributed by atoms with Gasteiger partial charge in [0.2, 0.25) is 5.91 Å². The van der Waals surface area contributed by atoms with Crippen LogP contribution < -0.4 is 5.32 Å². The molecule has 5 heteroatoms. The number of amides is 1. The van der Waals surface area contributed by atoms with E-state index in [-0.39, 0.29) is 18.5 Å². The van der Waals surface area contributed by atoms with Crippen LogP contribution in [0.5, 0.6) is 0 Å². The third-order valence-electron chi connectivity index (χ3n) is 4.58. The minimum absolute atomic E-state index is 0.00744. The van der Waals surface area contributed by atoms with Crippen LogP contribution in [0.2, 0.25) is 0 Å². The molecule has 2 heterocycles. The fourth-order valence-corrected chi connectivity index (χ4v) is 3.11. The van der Waals surface area contributed by atoms with E-state index in [1.165, 1.54) is 0 Å². The zero-order valence-corrected chi connectivity index (χ0v) is 14.4. The first kappa shape index (κ1) is 15.6. The molecule has 1 N–H and O–H groups in total. The van der Waals surface area contributed by atoms with Gasteiger partial charge >= 0.3 is 0 Å². The van der Waals surface area contributed by atoms with Crippen molar-refractivity contribution >= 4 is 39.0 Å². The van der Waals surface area contributed by atoms with E-state index in [4.69, 9.17) is 9.97 Å². The molecule has 0 aliphatic heterocycles. The van der Waals surface area contributed by atoms with E-state index >= 15 is 0 Å². The molecule has 5 nitrogen and oxygen atoms in total. The van der Waals surface area contributed by atoms with Crippen LogP contribution in [0.1, 0.15) is 20.3 Å². The molecule has 0 saturated carbocycles. The Morgan fingerprint density at radius 3 is 2.52 bits per heavy atom. The summed E-state index contributed by atoms with van der Waals surface area (Å²) in [5.74, 6) is -0.00744. The fraction of sp³-hybridized carbons (Fsp3) is 0.250. The van der Waals surface area contributed by atoms with E-state index in [0.29, 0.717) is 0 Å². The number of rotatable bonds is 4. The molecule has 0 radical (unpaired) electrons. The number of hydrogen-bond acceptors (Lipinski definition) is 3. The average Bonchev–Trinajstić information content (AvgIpc) is 2.93. The fourth-order valence-electron chi connectivity index (χ4n) is 3.11. The van der Waals surface area contributed by atoms with Gasteiger partial charge in [-0.3, -0.25) is 4.79 Å². The topological polar surface area (TPSA) is 59.8 Å². The number of benzene rings is 2. The normalized spacial score (nSPS) is 12.7. The minimum Gasteiger partial charge on any atom is -0.352 e. The van der Waals surface area contributed by atoms with E-state index in [1.807, 2.05) is 60.0 Å². The van der Waals surface area contributed by atoms with Crippen LogP contribution in [0.15, 0.2) is 48.5 Å². The van der Waals surface area contributed by atoms with Gasteiger partial charge in [0.1, 0.15) is 12.1 Å². The van der Waals surface area contributed by atoms with Gasteiger partial charge in [-0.2, -0.15) is 0 Å². The summed E-state index contributed by atoms with van der Waals surface area (Å²) in [6, 6.07) is 16.0. The Morgan fingerprint density at radius 1 is 1.08 bits per heavy atom. The monoisotopic (exact) mass is 332 g/mol. The largest absolute Gasteiger partial charge is 0.352 e. The Morgan fingerprint density at radius 2 is 1.76 bits per heavy atom. The standard InChI is InChI=1S/C20H20N4O/c1-3-13(2)21-18(25)12-24-17-11-7-4-8-14(17)19-20(24)23-16-10-6-5-9-15(16)22-19/h4-11,13H,3,12H2,1-2H3,(H,21,25)/t13-/m0/s1. The quantitative estimate of drug-likeness (QED) is 0.620. The van der Waals surface area contributed by atoms with E-state index in [0.717, 1.165) is 39.5 Å². The number of nitrogens with one attached hydrogen (secondary N) is 1. The molecule has 0 unspecified atom stereocenters. The van der Waals surface area contributed by atoms with Gasteiger partial charge in [0.05, 0.1) is 16.6 Å². The Hall–Kier alpha value is -2.95. The summed E-state index contributed by atoms with van der Waals surface area (Å²) < 4.78 is 1.96. The lowest BCUT2D eigenvalue weighted by atomic mass is 10.2. The molecule has 0 saturated heterocycles. The Labute approximate surface area is 145 Å². The summed E-state index contributed by atoms with van der Waals surface area (Å²) in [7, 11) is 0. The first-order valence-corrected chi connectivity index (χ1v) is 8.60. The maximum absolute atomic E-state index is 12.5. The van der Waals surface area contributed by atoms with Crippen LogP contribution in [0.3, 0.4) is 0 Å². The molecule has 0 aliphatic rings. The van der Waals surface area contributed by atoms with E-state index < -0.39 is 0 Å². The van der Waals surface area contributed by atoms with Crippen molar-refractivity contribution in [3.63, 3.8) is 0 Å². The second-order valence-electron chi connectivity index (χ2n) is 6.36. The molecule has 25 heavy (non-hydrogen) atoms.